The first-order valence-electron chi connectivity index (χ1n) is 10.1. The molecule has 1 aromatic rings. The second-order valence-corrected chi connectivity index (χ2v) is 7.66. The van der Waals surface area contributed by atoms with Crippen molar-refractivity contribution in [3.05, 3.63) is 58.5 Å². The van der Waals surface area contributed by atoms with Crippen LogP contribution in [0, 0.1) is 0 Å². The summed E-state index contributed by atoms with van der Waals surface area (Å²) in [6.07, 6.45) is 4.57. The van der Waals surface area contributed by atoms with Gasteiger partial charge < -0.3 is 20.3 Å². The molecule has 0 atom stereocenters. The number of carbonyl (C=O) groups is 1. The number of hydrogen-bond donors (Lipinski definition) is 2. The zero-order chi connectivity index (χ0) is 21.3. The van der Waals surface area contributed by atoms with E-state index in [4.69, 9.17) is 16.3 Å². The summed E-state index contributed by atoms with van der Waals surface area (Å²) in [4.78, 5) is 27.8. The molecule has 1 fully saturated rings. The van der Waals surface area contributed by atoms with Crippen LogP contribution in [0.5, 0.6) is 0 Å². The van der Waals surface area contributed by atoms with Gasteiger partial charge in [-0.3, -0.25) is 4.90 Å². The third-order valence-corrected chi connectivity index (χ3v) is 5.47. The summed E-state index contributed by atoms with van der Waals surface area (Å²) in [7, 11) is 1.50. The molecular weight excluding hydrogens is 404 g/mol. The number of piperazine rings is 1. The van der Waals surface area contributed by atoms with E-state index >= 15 is 0 Å². The molecule has 1 aliphatic carbocycles. The van der Waals surface area contributed by atoms with Crippen LogP contribution in [0.15, 0.2) is 53.4 Å². The molecule has 1 aliphatic heterocycles. The monoisotopic (exact) mass is 430 g/mol. The molecular formula is C22H27ClN4O3. The van der Waals surface area contributed by atoms with Crippen LogP contribution < -0.4 is 15.5 Å². The number of nitrogens with zero attached hydrogens (tertiary/aromatic N) is 2. The average Bonchev–Trinajstić information content (AvgIpc) is 2.77. The standard InChI is InChI=1S/C22H27ClN4O3/c1-30-21-8-5-19(15-17(21)16-28)25-22(29)24-9-2-10-26-11-13-27(14-12-26)20-6-3-18(23)4-7-20/h3-8H,2,9-15H2,1H3,(H2,24,25,29). The van der Waals surface area contributed by atoms with Crippen molar-refractivity contribution in [1.29, 1.82) is 0 Å². The Labute approximate surface area is 182 Å². The topological polar surface area (TPSA) is 73.9 Å². The molecule has 8 heteroatoms. The van der Waals surface area contributed by atoms with Crippen molar-refractivity contribution < 1.29 is 14.3 Å². The maximum atomic E-state index is 12.1. The predicted octanol–water partition coefficient (Wildman–Crippen LogP) is 2.73. The van der Waals surface area contributed by atoms with Crippen molar-refractivity contribution in [2.24, 2.45) is 0 Å². The van der Waals surface area contributed by atoms with Gasteiger partial charge in [0.2, 0.25) is 0 Å². The quantitative estimate of drug-likeness (QED) is 0.514. The summed E-state index contributed by atoms with van der Waals surface area (Å²) in [5, 5.41) is 6.40. The number of ether oxygens (including phenoxy) is 1. The summed E-state index contributed by atoms with van der Waals surface area (Å²) in [6, 6.07) is 7.69. The van der Waals surface area contributed by atoms with Gasteiger partial charge in [-0.2, -0.15) is 0 Å². The molecule has 2 aliphatic rings. The van der Waals surface area contributed by atoms with E-state index in [-0.39, 0.29) is 6.03 Å². The normalized spacial score (nSPS) is 17.0. The van der Waals surface area contributed by atoms with E-state index in [1.165, 1.54) is 12.8 Å². The molecule has 1 aromatic carbocycles. The van der Waals surface area contributed by atoms with Crippen LogP contribution in [0.1, 0.15) is 12.8 Å². The summed E-state index contributed by atoms with van der Waals surface area (Å²) in [6.45, 7) is 5.48. The van der Waals surface area contributed by atoms with E-state index in [1.54, 1.807) is 12.2 Å². The van der Waals surface area contributed by atoms with Crippen LogP contribution in [0.25, 0.3) is 0 Å². The maximum absolute atomic E-state index is 12.1. The van der Waals surface area contributed by atoms with Crippen LogP contribution in [0.3, 0.4) is 0 Å². The summed E-state index contributed by atoms with van der Waals surface area (Å²) in [5.41, 5.74) is 2.24. The van der Waals surface area contributed by atoms with Gasteiger partial charge in [-0.25, -0.2) is 9.59 Å². The Morgan fingerprint density at radius 3 is 2.57 bits per heavy atom. The minimum absolute atomic E-state index is 0.270. The lowest BCUT2D eigenvalue weighted by Gasteiger charge is -2.36. The van der Waals surface area contributed by atoms with Crippen molar-refractivity contribution in [3.8, 4) is 0 Å². The van der Waals surface area contributed by atoms with Gasteiger partial charge in [0.05, 0.1) is 12.7 Å². The summed E-state index contributed by atoms with van der Waals surface area (Å²) < 4.78 is 5.10. The Balaban J connectivity index is 1.32. The molecule has 30 heavy (non-hydrogen) atoms. The maximum Gasteiger partial charge on any atom is 0.318 e. The van der Waals surface area contributed by atoms with Gasteiger partial charge in [0.25, 0.3) is 0 Å². The number of hydrogen-bond acceptors (Lipinski definition) is 5. The number of amides is 2. The minimum atomic E-state index is -0.270. The molecule has 0 bridgehead atoms. The van der Waals surface area contributed by atoms with Gasteiger partial charge in [-0.15, -0.1) is 0 Å². The van der Waals surface area contributed by atoms with E-state index in [9.17, 15) is 9.59 Å². The van der Waals surface area contributed by atoms with Crippen molar-refractivity contribution in [1.82, 2.24) is 15.5 Å². The van der Waals surface area contributed by atoms with Crippen LogP contribution in [0.4, 0.5) is 10.5 Å². The van der Waals surface area contributed by atoms with Crippen LogP contribution in [-0.2, 0) is 9.53 Å². The lowest BCUT2D eigenvalue weighted by Crippen LogP contribution is -2.47. The first-order chi connectivity index (χ1) is 14.6. The molecule has 7 nitrogen and oxygen atoms in total. The molecule has 2 amide bonds. The fraction of sp³-hybridized carbons (Fsp3) is 0.409. The number of allylic oxidation sites excluding steroid dienone is 4. The van der Waals surface area contributed by atoms with Crippen LogP contribution in [-0.4, -0.2) is 63.3 Å². The molecule has 160 valence electrons. The lowest BCUT2D eigenvalue weighted by molar-refractivity contribution is 0.237. The third kappa shape index (κ3) is 6.13. The zero-order valence-corrected chi connectivity index (χ0v) is 17.9. The molecule has 1 saturated heterocycles. The van der Waals surface area contributed by atoms with Crippen molar-refractivity contribution in [2.75, 3.05) is 51.3 Å². The van der Waals surface area contributed by atoms with E-state index in [0.717, 1.165) is 44.2 Å². The third-order valence-electron chi connectivity index (χ3n) is 5.22. The Morgan fingerprint density at radius 2 is 1.90 bits per heavy atom. The van der Waals surface area contributed by atoms with Gasteiger partial charge in [0, 0.05) is 55.6 Å². The molecule has 3 rings (SSSR count). The Hall–Kier alpha value is -2.73. The molecule has 0 radical (unpaired) electrons. The smallest absolute Gasteiger partial charge is 0.318 e. The zero-order valence-electron chi connectivity index (χ0n) is 17.1. The first-order valence-corrected chi connectivity index (χ1v) is 10.4. The fourth-order valence-corrected chi connectivity index (χ4v) is 3.68. The second-order valence-electron chi connectivity index (χ2n) is 7.22. The number of nitrogens with one attached hydrogen (secondary N) is 2. The van der Waals surface area contributed by atoms with Gasteiger partial charge in [-0.1, -0.05) is 11.6 Å². The number of rotatable bonds is 7. The Bertz CT molecular complexity index is 852. The molecule has 0 aromatic heterocycles. The number of benzene rings is 1. The highest BCUT2D eigenvalue weighted by Gasteiger charge is 2.18. The molecule has 1 heterocycles. The van der Waals surface area contributed by atoms with Gasteiger partial charge in [-0.05, 0) is 49.4 Å². The fourth-order valence-electron chi connectivity index (χ4n) is 3.55. The Kier molecular flexibility index (Phi) is 7.97. The largest absolute Gasteiger partial charge is 0.496 e. The lowest BCUT2D eigenvalue weighted by atomic mass is 10.0. The van der Waals surface area contributed by atoms with Crippen LogP contribution in [0.2, 0.25) is 5.02 Å². The molecule has 0 spiro atoms. The number of carbonyl (C=O) groups excluding carboxylic acids is 2. The van der Waals surface area contributed by atoms with Gasteiger partial charge >= 0.3 is 6.03 Å². The van der Waals surface area contributed by atoms with Crippen molar-refractivity contribution >= 4 is 29.3 Å². The SMILES string of the molecule is COC1=CC=C(NC(=O)NCCCN2CCN(c3ccc(Cl)cc3)CC2)CC1=C=O. The second kappa shape index (κ2) is 10.9. The molecule has 2 N–H and O–H groups in total. The number of methoxy groups -OCH3 is 1. The average molecular weight is 431 g/mol. The van der Waals surface area contributed by atoms with E-state index in [1.807, 2.05) is 18.1 Å². The van der Waals surface area contributed by atoms with Gasteiger partial charge in [0.15, 0.2) is 0 Å². The van der Waals surface area contributed by atoms with Gasteiger partial charge in [0.1, 0.15) is 11.7 Å². The van der Waals surface area contributed by atoms with E-state index in [2.05, 4.69) is 32.6 Å². The number of halogens is 1. The predicted molar refractivity (Wildman–Crippen MR) is 118 cm³/mol. The van der Waals surface area contributed by atoms with E-state index in [0.29, 0.717) is 30.0 Å². The number of urea groups is 1. The highest BCUT2D eigenvalue weighted by Crippen LogP contribution is 2.21. The van der Waals surface area contributed by atoms with E-state index < -0.39 is 0 Å². The highest BCUT2D eigenvalue weighted by molar-refractivity contribution is 6.30. The number of anilines is 1. The van der Waals surface area contributed by atoms with Crippen LogP contribution >= 0.6 is 11.6 Å². The summed E-state index contributed by atoms with van der Waals surface area (Å²) >= 11 is 5.96. The Morgan fingerprint density at radius 1 is 1.17 bits per heavy atom. The first kappa shape index (κ1) is 22.0. The highest BCUT2D eigenvalue weighted by atomic mass is 35.5. The molecule has 0 unspecified atom stereocenters. The summed E-state index contributed by atoms with van der Waals surface area (Å²) in [5.74, 6) is 2.34. The molecule has 0 saturated carbocycles. The van der Waals surface area contributed by atoms with Crippen molar-refractivity contribution in [2.45, 2.75) is 12.8 Å². The van der Waals surface area contributed by atoms with Crippen molar-refractivity contribution in [3.63, 3.8) is 0 Å². The minimum Gasteiger partial charge on any atom is -0.496 e.